The van der Waals surface area contributed by atoms with E-state index in [2.05, 4.69) is 4.90 Å². The molecule has 7 nitrogen and oxygen atoms in total. The van der Waals surface area contributed by atoms with Crippen molar-refractivity contribution >= 4 is 40.1 Å². The molecule has 2 aliphatic heterocycles. The van der Waals surface area contributed by atoms with Gasteiger partial charge in [0.05, 0.1) is 24.3 Å². The lowest BCUT2D eigenvalue weighted by Gasteiger charge is -2.36. The summed E-state index contributed by atoms with van der Waals surface area (Å²) in [6, 6.07) is 16.7. The number of anilines is 1. The number of hydrogen-bond acceptors (Lipinski definition) is 5. The summed E-state index contributed by atoms with van der Waals surface area (Å²) in [5.41, 5.74) is 2.05. The van der Waals surface area contributed by atoms with Gasteiger partial charge in [0, 0.05) is 55.2 Å². The van der Waals surface area contributed by atoms with Crippen molar-refractivity contribution in [3.05, 3.63) is 70.7 Å². The maximum Gasteiger partial charge on any atom is 0.254 e. The minimum atomic E-state index is -0.0215. The summed E-state index contributed by atoms with van der Waals surface area (Å²) >= 11 is 6.05. The molecule has 0 bridgehead atoms. The van der Waals surface area contributed by atoms with Gasteiger partial charge in [0.2, 0.25) is 0 Å². The molecule has 0 spiro atoms. The molecule has 0 atom stereocenters. The van der Waals surface area contributed by atoms with Gasteiger partial charge in [0.25, 0.3) is 11.8 Å². The molecule has 2 aromatic carbocycles. The van der Waals surface area contributed by atoms with Crippen LogP contribution in [0.2, 0.25) is 5.02 Å². The Morgan fingerprint density at radius 3 is 2.30 bits per heavy atom. The lowest BCUT2D eigenvalue weighted by Crippen LogP contribution is -2.49. The minimum absolute atomic E-state index is 0.00733. The third-order valence-corrected chi connectivity index (χ3v) is 6.43. The second-order valence-corrected chi connectivity index (χ2v) is 8.68. The van der Waals surface area contributed by atoms with Crippen LogP contribution in [-0.4, -0.2) is 79.1 Å². The van der Waals surface area contributed by atoms with Crippen LogP contribution in [-0.2, 0) is 4.74 Å². The van der Waals surface area contributed by atoms with Gasteiger partial charge in [-0.2, -0.15) is 0 Å². The average Bonchev–Trinajstić information content (AvgIpc) is 2.88. The first-order chi connectivity index (χ1) is 16.1. The van der Waals surface area contributed by atoms with Crippen molar-refractivity contribution in [2.24, 2.45) is 0 Å². The Kier molecular flexibility index (Phi) is 6.15. The molecule has 1 aromatic heterocycles. The van der Waals surface area contributed by atoms with Crippen LogP contribution in [0.1, 0.15) is 20.7 Å². The van der Waals surface area contributed by atoms with Crippen molar-refractivity contribution in [1.82, 2.24) is 14.8 Å². The van der Waals surface area contributed by atoms with Gasteiger partial charge < -0.3 is 19.4 Å². The number of hydrogen-bond donors (Lipinski definition) is 0. The van der Waals surface area contributed by atoms with Gasteiger partial charge in [-0.3, -0.25) is 9.59 Å². The van der Waals surface area contributed by atoms with Crippen LogP contribution in [0.3, 0.4) is 0 Å². The molecule has 3 heterocycles. The van der Waals surface area contributed by atoms with Gasteiger partial charge in [0.15, 0.2) is 0 Å². The standard InChI is InChI=1S/C25H25ClN4O3/c26-19-5-3-4-18(16-19)24(31)29-10-8-28(9-11-29)23-17-21(20-6-1-2-7-22(20)27-23)25(32)30-12-14-33-15-13-30/h1-7,16-17H,8-15H2. The Labute approximate surface area is 197 Å². The zero-order valence-electron chi connectivity index (χ0n) is 18.2. The molecule has 2 fully saturated rings. The molecular formula is C25H25ClN4O3. The molecule has 0 aliphatic carbocycles. The van der Waals surface area contributed by atoms with E-state index in [1.54, 1.807) is 24.3 Å². The fourth-order valence-corrected chi connectivity index (χ4v) is 4.57. The normalized spacial score (nSPS) is 16.8. The SMILES string of the molecule is O=C(c1cccc(Cl)c1)N1CCN(c2cc(C(=O)N3CCOCC3)c3ccccc3n2)CC1. The van der Waals surface area contributed by atoms with E-state index in [0.29, 0.717) is 68.6 Å². The molecule has 170 valence electrons. The molecule has 0 saturated carbocycles. The number of fused-ring (bicyclic) bond motifs is 1. The number of aromatic nitrogens is 1. The largest absolute Gasteiger partial charge is 0.378 e. The molecule has 2 aliphatic rings. The summed E-state index contributed by atoms with van der Waals surface area (Å²) in [5, 5.41) is 1.41. The molecule has 0 N–H and O–H groups in total. The van der Waals surface area contributed by atoms with Crippen molar-refractivity contribution in [1.29, 1.82) is 0 Å². The van der Waals surface area contributed by atoms with E-state index in [4.69, 9.17) is 21.3 Å². The van der Waals surface area contributed by atoms with E-state index < -0.39 is 0 Å². The Hall–Kier alpha value is -3.16. The maximum absolute atomic E-state index is 13.3. The highest BCUT2D eigenvalue weighted by molar-refractivity contribution is 6.31. The van der Waals surface area contributed by atoms with Crippen LogP contribution in [0.25, 0.3) is 10.9 Å². The zero-order chi connectivity index (χ0) is 22.8. The Balaban J connectivity index is 1.37. The molecule has 33 heavy (non-hydrogen) atoms. The van der Waals surface area contributed by atoms with Crippen molar-refractivity contribution in [3.8, 4) is 0 Å². The van der Waals surface area contributed by atoms with Crippen LogP contribution < -0.4 is 4.90 Å². The number of morpholine rings is 1. The van der Waals surface area contributed by atoms with E-state index in [1.165, 1.54) is 0 Å². The van der Waals surface area contributed by atoms with E-state index in [0.717, 1.165) is 16.7 Å². The Bertz CT molecular complexity index is 1190. The Morgan fingerprint density at radius 1 is 0.818 bits per heavy atom. The van der Waals surface area contributed by atoms with E-state index in [-0.39, 0.29) is 11.8 Å². The van der Waals surface area contributed by atoms with E-state index >= 15 is 0 Å². The Morgan fingerprint density at radius 2 is 1.55 bits per heavy atom. The molecule has 8 heteroatoms. The highest BCUT2D eigenvalue weighted by atomic mass is 35.5. The fraction of sp³-hybridized carbons (Fsp3) is 0.320. The number of pyridine rings is 1. The van der Waals surface area contributed by atoms with E-state index in [9.17, 15) is 9.59 Å². The number of carbonyl (C=O) groups excluding carboxylic acids is 2. The predicted molar refractivity (Wildman–Crippen MR) is 128 cm³/mol. The van der Waals surface area contributed by atoms with Gasteiger partial charge >= 0.3 is 0 Å². The summed E-state index contributed by atoms with van der Waals surface area (Å²) in [6.07, 6.45) is 0. The smallest absolute Gasteiger partial charge is 0.254 e. The van der Waals surface area contributed by atoms with Crippen molar-refractivity contribution in [3.63, 3.8) is 0 Å². The van der Waals surface area contributed by atoms with Gasteiger partial charge in [0.1, 0.15) is 5.82 Å². The summed E-state index contributed by atoms with van der Waals surface area (Å²) in [4.78, 5) is 36.9. The molecule has 0 radical (unpaired) electrons. The number of rotatable bonds is 3. The lowest BCUT2D eigenvalue weighted by atomic mass is 10.1. The van der Waals surface area contributed by atoms with Gasteiger partial charge in [-0.1, -0.05) is 35.9 Å². The summed E-state index contributed by atoms with van der Waals surface area (Å²) in [5.74, 6) is 0.750. The molecule has 2 saturated heterocycles. The lowest BCUT2D eigenvalue weighted by molar-refractivity contribution is 0.0304. The first-order valence-corrected chi connectivity index (χ1v) is 11.5. The second-order valence-electron chi connectivity index (χ2n) is 8.24. The van der Waals surface area contributed by atoms with Crippen LogP contribution in [0, 0.1) is 0 Å². The highest BCUT2D eigenvalue weighted by Crippen LogP contribution is 2.26. The second kappa shape index (κ2) is 9.37. The maximum atomic E-state index is 13.3. The quantitative estimate of drug-likeness (QED) is 0.595. The monoisotopic (exact) mass is 464 g/mol. The fourth-order valence-electron chi connectivity index (χ4n) is 4.38. The van der Waals surface area contributed by atoms with Gasteiger partial charge in [-0.15, -0.1) is 0 Å². The topological polar surface area (TPSA) is 66.0 Å². The number of para-hydroxylation sites is 1. The van der Waals surface area contributed by atoms with Gasteiger partial charge in [-0.25, -0.2) is 4.98 Å². The molecule has 5 rings (SSSR count). The van der Waals surface area contributed by atoms with Crippen LogP contribution in [0.4, 0.5) is 5.82 Å². The van der Waals surface area contributed by atoms with Crippen LogP contribution in [0.5, 0.6) is 0 Å². The van der Waals surface area contributed by atoms with Crippen molar-refractivity contribution in [2.45, 2.75) is 0 Å². The third kappa shape index (κ3) is 4.51. The molecular weight excluding hydrogens is 440 g/mol. The van der Waals surface area contributed by atoms with Crippen molar-refractivity contribution < 1.29 is 14.3 Å². The number of benzene rings is 2. The zero-order valence-corrected chi connectivity index (χ0v) is 19.0. The first kappa shape index (κ1) is 21.7. The van der Waals surface area contributed by atoms with E-state index in [1.807, 2.05) is 40.1 Å². The minimum Gasteiger partial charge on any atom is -0.378 e. The number of carbonyl (C=O) groups is 2. The molecule has 3 aromatic rings. The number of halogens is 1. The highest BCUT2D eigenvalue weighted by Gasteiger charge is 2.26. The summed E-state index contributed by atoms with van der Waals surface area (Å²) < 4.78 is 5.41. The first-order valence-electron chi connectivity index (χ1n) is 11.2. The molecule has 0 unspecified atom stereocenters. The third-order valence-electron chi connectivity index (χ3n) is 6.19. The number of amides is 2. The summed E-state index contributed by atoms with van der Waals surface area (Å²) in [7, 11) is 0. The average molecular weight is 465 g/mol. The van der Waals surface area contributed by atoms with Crippen LogP contribution >= 0.6 is 11.6 Å². The van der Waals surface area contributed by atoms with Gasteiger partial charge in [-0.05, 0) is 30.3 Å². The van der Waals surface area contributed by atoms with Crippen molar-refractivity contribution in [2.75, 3.05) is 57.4 Å². The molecule has 2 amide bonds. The number of ether oxygens (including phenoxy) is 1. The number of nitrogens with zero attached hydrogens (tertiary/aromatic N) is 4. The summed E-state index contributed by atoms with van der Waals surface area (Å²) in [6.45, 7) is 4.74. The van der Waals surface area contributed by atoms with Crippen LogP contribution in [0.15, 0.2) is 54.6 Å². The number of piperazine rings is 1. The predicted octanol–water partition coefficient (Wildman–Crippen LogP) is 3.32.